The molecule has 6 unspecified atom stereocenters. The minimum atomic E-state index is -0.410. The smallest absolute Gasteiger partial charge is 0.136 e. The van der Waals surface area contributed by atoms with E-state index in [-0.39, 0.29) is 30.2 Å². The monoisotopic (exact) mass is 516 g/mol. The first-order chi connectivity index (χ1) is 17.1. The molecule has 0 saturated heterocycles. The van der Waals surface area contributed by atoms with Crippen molar-refractivity contribution in [3.8, 4) is 0 Å². The lowest BCUT2D eigenvalue weighted by Gasteiger charge is -2.17. The Morgan fingerprint density at radius 3 is 1.08 bits per heavy atom. The highest BCUT2D eigenvalue weighted by Crippen LogP contribution is 2.03. The second-order valence-corrected chi connectivity index (χ2v) is 8.58. The molecule has 0 aromatic heterocycles. The molecule has 0 fully saturated rings. The molecule has 12 N–H and O–H groups in total. The average molecular weight is 517 g/mol. The van der Waals surface area contributed by atoms with Gasteiger partial charge in [-0.15, -0.1) is 0 Å². The third-order valence-corrected chi connectivity index (χ3v) is 5.16. The van der Waals surface area contributed by atoms with Gasteiger partial charge in [0.2, 0.25) is 0 Å². The van der Waals surface area contributed by atoms with E-state index >= 15 is 0 Å². The first-order valence-corrected chi connectivity index (χ1v) is 12.3. The number of rotatable bonds is 21. The van der Waals surface area contributed by atoms with Crippen molar-refractivity contribution in [3.05, 3.63) is 0 Å². The molecule has 0 rings (SSSR count). The molecule has 0 radical (unpaired) electrons. The van der Waals surface area contributed by atoms with Gasteiger partial charge in [-0.05, 0) is 44.9 Å². The van der Waals surface area contributed by atoms with E-state index in [9.17, 15) is 28.8 Å². The van der Waals surface area contributed by atoms with E-state index in [0.29, 0.717) is 70.5 Å². The van der Waals surface area contributed by atoms with Gasteiger partial charge in [0.25, 0.3) is 0 Å². The summed E-state index contributed by atoms with van der Waals surface area (Å²) >= 11 is 0. The van der Waals surface area contributed by atoms with Crippen molar-refractivity contribution < 1.29 is 28.8 Å². The maximum atomic E-state index is 10.1. The molecule has 12 heteroatoms. The van der Waals surface area contributed by atoms with E-state index in [2.05, 4.69) is 0 Å². The quantitative estimate of drug-likeness (QED) is 0.0776. The minimum absolute atomic E-state index is 0.0128. The van der Waals surface area contributed by atoms with Crippen LogP contribution < -0.4 is 34.4 Å². The molecule has 210 valence electrons. The number of carbonyl (C=O) groups is 6. The van der Waals surface area contributed by atoms with E-state index in [0.717, 1.165) is 44.3 Å². The molecule has 0 bridgehead atoms. The van der Waals surface area contributed by atoms with Crippen LogP contribution in [0.3, 0.4) is 0 Å². The van der Waals surface area contributed by atoms with Crippen LogP contribution in [0.25, 0.3) is 0 Å². The summed E-state index contributed by atoms with van der Waals surface area (Å²) in [5, 5.41) is 0. The molecular weight excluding hydrogens is 468 g/mol. The zero-order valence-corrected chi connectivity index (χ0v) is 21.3. The van der Waals surface area contributed by atoms with Crippen LogP contribution in [0, 0.1) is 0 Å². The summed E-state index contributed by atoms with van der Waals surface area (Å²) in [5.41, 5.74) is 33.0. The zero-order chi connectivity index (χ0) is 28.2. The first-order valence-electron chi connectivity index (χ1n) is 12.3. The molecule has 0 amide bonds. The summed E-state index contributed by atoms with van der Waals surface area (Å²) in [7, 11) is 0. The molecule has 0 spiro atoms. The van der Waals surface area contributed by atoms with E-state index in [4.69, 9.17) is 34.4 Å². The van der Waals surface area contributed by atoms with Crippen molar-refractivity contribution in [2.24, 2.45) is 34.4 Å². The SMILES string of the molecule is NC(C=O)CCC(N)CCC=O.NC(C=O)CCCCC(N)C=O.NC(CCC=O)C(N)CCC=O. The van der Waals surface area contributed by atoms with Crippen LogP contribution in [0.5, 0.6) is 0 Å². The molecule has 0 heterocycles. The topological polar surface area (TPSA) is 259 Å². The van der Waals surface area contributed by atoms with Crippen LogP contribution in [0.4, 0.5) is 0 Å². The second-order valence-electron chi connectivity index (χ2n) is 8.58. The van der Waals surface area contributed by atoms with Crippen molar-refractivity contribution in [2.45, 2.75) is 113 Å². The predicted molar refractivity (Wildman–Crippen MR) is 140 cm³/mol. The number of hydrogen-bond donors (Lipinski definition) is 6. The van der Waals surface area contributed by atoms with Crippen LogP contribution in [-0.4, -0.2) is 74.0 Å². The van der Waals surface area contributed by atoms with Gasteiger partial charge in [0.15, 0.2) is 0 Å². The van der Waals surface area contributed by atoms with Crippen LogP contribution in [0.15, 0.2) is 0 Å². The molecule has 0 aliphatic carbocycles. The van der Waals surface area contributed by atoms with E-state index in [1.165, 1.54) is 0 Å². The van der Waals surface area contributed by atoms with Crippen molar-refractivity contribution >= 4 is 37.7 Å². The molecule has 0 aliphatic rings. The molecule has 0 aromatic rings. The van der Waals surface area contributed by atoms with Gasteiger partial charge in [-0.3, -0.25) is 0 Å². The fourth-order valence-electron chi connectivity index (χ4n) is 2.75. The van der Waals surface area contributed by atoms with Gasteiger partial charge in [0.1, 0.15) is 37.7 Å². The zero-order valence-electron chi connectivity index (χ0n) is 21.3. The summed E-state index contributed by atoms with van der Waals surface area (Å²) in [4.78, 5) is 60.2. The fraction of sp³-hybridized carbons (Fsp3) is 0.750. The number of aldehydes is 6. The third kappa shape index (κ3) is 29.8. The largest absolute Gasteiger partial charge is 0.328 e. The first kappa shape index (κ1) is 38.3. The summed E-state index contributed by atoms with van der Waals surface area (Å²) in [6.45, 7) is 0. The van der Waals surface area contributed by atoms with Gasteiger partial charge in [0, 0.05) is 37.4 Å². The summed E-state index contributed by atoms with van der Waals surface area (Å²) in [5.74, 6) is 0. The number of hydrogen-bond acceptors (Lipinski definition) is 12. The normalized spacial score (nSPS) is 15.2. The Hall–Kier alpha value is -2.22. The molecule has 0 saturated carbocycles. The Morgan fingerprint density at radius 1 is 0.417 bits per heavy atom. The van der Waals surface area contributed by atoms with Crippen LogP contribution in [0.2, 0.25) is 0 Å². The maximum absolute atomic E-state index is 10.1. The van der Waals surface area contributed by atoms with Crippen LogP contribution in [-0.2, 0) is 28.8 Å². The van der Waals surface area contributed by atoms with E-state index < -0.39 is 6.04 Å². The van der Waals surface area contributed by atoms with Gasteiger partial charge in [-0.2, -0.15) is 0 Å². The minimum Gasteiger partial charge on any atom is -0.328 e. The van der Waals surface area contributed by atoms with Crippen molar-refractivity contribution in [1.29, 1.82) is 0 Å². The van der Waals surface area contributed by atoms with Crippen molar-refractivity contribution in [1.82, 2.24) is 0 Å². The van der Waals surface area contributed by atoms with Gasteiger partial charge in [-0.25, -0.2) is 0 Å². The summed E-state index contributed by atoms with van der Waals surface area (Å²) in [6.07, 6.45) is 12.3. The third-order valence-electron chi connectivity index (χ3n) is 5.16. The van der Waals surface area contributed by atoms with Crippen molar-refractivity contribution in [2.75, 3.05) is 0 Å². The molecule has 0 aromatic carbocycles. The number of unbranched alkanes of at least 4 members (excludes halogenated alkanes) is 1. The Morgan fingerprint density at radius 2 is 0.750 bits per heavy atom. The lowest BCUT2D eigenvalue weighted by molar-refractivity contribution is -0.110. The standard InChI is InChI=1S/3C8H16N2O2/c9-7(3-1-5-11)8(10)4-2-6-12;9-7(2-1-5-11)3-4-8(10)6-12;9-7(5-11)3-1-2-4-8(10)6-12/h3*5-8H,1-4,9-10H2. The van der Waals surface area contributed by atoms with E-state index in [1.807, 2.05) is 0 Å². The molecule has 12 nitrogen and oxygen atoms in total. The highest BCUT2D eigenvalue weighted by atomic mass is 16.1. The Kier molecular flexibility index (Phi) is 30.9. The molecule has 36 heavy (non-hydrogen) atoms. The summed E-state index contributed by atoms with van der Waals surface area (Å²) < 4.78 is 0. The van der Waals surface area contributed by atoms with Crippen LogP contribution >= 0.6 is 0 Å². The van der Waals surface area contributed by atoms with Gasteiger partial charge >= 0.3 is 0 Å². The maximum Gasteiger partial charge on any atom is 0.136 e. The highest BCUT2D eigenvalue weighted by molar-refractivity contribution is 5.57. The number of nitrogens with two attached hydrogens (primary N) is 6. The Bertz CT molecular complexity index is 537. The predicted octanol–water partition coefficient (Wildman–Crippen LogP) is -1.20. The lowest BCUT2D eigenvalue weighted by atomic mass is 10.0. The van der Waals surface area contributed by atoms with Gasteiger partial charge in [0.05, 0.1) is 18.1 Å². The average Bonchev–Trinajstić information content (AvgIpc) is 2.90. The molecular formula is C24H48N6O6. The van der Waals surface area contributed by atoms with Gasteiger partial charge < -0.3 is 63.2 Å². The molecule has 0 aliphatic heterocycles. The number of carbonyl (C=O) groups excluding carboxylic acids is 6. The highest BCUT2D eigenvalue weighted by Gasteiger charge is 2.11. The van der Waals surface area contributed by atoms with Crippen LogP contribution in [0.1, 0.15) is 77.0 Å². The van der Waals surface area contributed by atoms with Crippen molar-refractivity contribution in [3.63, 3.8) is 0 Å². The lowest BCUT2D eigenvalue weighted by Crippen LogP contribution is -2.41. The Balaban J connectivity index is -0.000000454. The Labute approximate surface area is 214 Å². The summed E-state index contributed by atoms with van der Waals surface area (Å²) in [6, 6.07) is -1.49. The molecule has 6 atom stereocenters. The van der Waals surface area contributed by atoms with E-state index in [1.54, 1.807) is 0 Å². The fourth-order valence-corrected chi connectivity index (χ4v) is 2.75. The second kappa shape index (κ2) is 29.0. The van der Waals surface area contributed by atoms with Gasteiger partial charge in [-0.1, -0.05) is 12.8 Å².